The van der Waals surface area contributed by atoms with E-state index in [4.69, 9.17) is 0 Å². The zero-order valence-corrected chi connectivity index (χ0v) is 12.4. The van der Waals surface area contributed by atoms with Crippen molar-refractivity contribution >= 4 is 15.8 Å². The summed E-state index contributed by atoms with van der Waals surface area (Å²) in [7, 11) is -4.07. The van der Waals surface area contributed by atoms with Crippen molar-refractivity contribution in [1.82, 2.24) is 0 Å². The fourth-order valence-corrected chi connectivity index (χ4v) is 4.49. The van der Waals surface area contributed by atoms with Crippen molar-refractivity contribution in [1.29, 1.82) is 0 Å². The summed E-state index contributed by atoms with van der Waals surface area (Å²) in [6.45, 7) is 3.49. The van der Waals surface area contributed by atoms with Gasteiger partial charge in [-0.3, -0.25) is 4.79 Å². The van der Waals surface area contributed by atoms with Gasteiger partial charge in [-0.2, -0.15) is 0 Å². The Labute approximate surface area is 118 Å². The van der Waals surface area contributed by atoms with E-state index in [1.54, 1.807) is 13.8 Å². The topological polar surface area (TPSA) is 71.4 Å². The number of carboxylic acid groups (broad SMARTS) is 1. The zero-order valence-electron chi connectivity index (χ0n) is 11.6. The first kappa shape index (κ1) is 16.6. The molecule has 1 aromatic rings. The monoisotopic (exact) mass is 302 g/mol. The van der Waals surface area contributed by atoms with Crippen molar-refractivity contribution < 1.29 is 22.7 Å². The van der Waals surface area contributed by atoms with E-state index in [2.05, 4.69) is 0 Å². The van der Waals surface area contributed by atoms with Crippen molar-refractivity contribution in [3.8, 4) is 0 Å². The lowest BCUT2D eigenvalue weighted by atomic mass is 9.97. The SMILES string of the molecule is CCCC(CCC)(C(=O)O)S(=O)(=O)c1ccc(F)cc1. The molecule has 1 rings (SSSR count). The lowest BCUT2D eigenvalue weighted by Crippen LogP contribution is -2.46. The minimum atomic E-state index is -4.07. The van der Waals surface area contributed by atoms with E-state index in [1.165, 1.54) is 0 Å². The Kier molecular flexibility index (Phi) is 5.28. The normalized spacial score (nSPS) is 12.3. The van der Waals surface area contributed by atoms with Crippen molar-refractivity contribution in [2.75, 3.05) is 0 Å². The van der Waals surface area contributed by atoms with E-state index < -0.39 is 26.4 Å². The zero-order chi connectivity index (χ0) is 15.4. The first-order valence-corrected chi connectivity index (χ1v) is 8.03. The van der Waals surface area contributed by atoms with Gasteiger partial charge >= 0.3 is 5.97 Å². The van der Waals surface area contributed by atoms with E-state index in [9.17, 15) is 22.7 Å². The van der Waals surface area contributed by atoms with E-state index >= 15 is 0 Å². The Morgan fingerprint density at radius 1 is 1.15 bits per heavy atom. The molecule has 0 bridgehead atoms. The van der Waals surface area contributed by atoms with Crippen LogP contribution in [-0.2, 0) is 14.6 Å². The van der Waals surface area contributed by atoms with Gasteiger partial charge in [0.25, 0.3) is 0 Å². The molecule has 112 valence electrons. The molecule has 0 fully saturated rings. The van der Waals surface area contributed by atoms with Crippen LogP contribution in [0.25, 0.3) is 0 Å². The summed E-state index contributed by atoms with van der Waals surface area (Å²) in [5, 5.41) is 9.48. The molecule has 1 aromatic carbocycles. The number of benzene rings is 1. The summed E-state index contributed by atoms with van der Waals surface area (Å²) in [5.74, 6) is -1.90. The van der Waals surface area contributed by atoms with Gasteiger partial charge in [0.15, 0.2) is 14.6 Å². The molecule has 0 saturated carbocycles. The molecule has 0 unspecified atom stereocenters. The molecule has 1 N–H and O–H groups in total. The average molecular weight is 302 g/mol. The number of rotatable bonds is 7. The molecular formula is C14H19FO4S. The van der Waals surface area contributed by atoms with Crippen molar-refractivity contribution in [3.05, 3.63) is 30.1 Å². The quantitative estimate of drug-likeness (QED) is 0.786. The Hall–Kier alpha value is -1.43. The second kappa shape index (κ2) is 6.35. The Bertz CT molecular complexity index is 557. The maximum atomic E-state index is 12.9. The third-order valence-corrected chi connectivity index (χ3v) is 5.84. The number of carboxylic acids is 1. The molecule has 20 heavy (non-hydrogen) atoms. The fourth-order valence-electron chi connectivity index (χ4n) is 2.37. The highest BCUT2D eigenvalue weighted by Gasteiger charge is 2.50. The van der Waals surface area contributed by atoms with Crippen molar-refractivity contribution in [2.45, 2.75) is 49.2 Å². The Balaban J connectivity index is 3.44. The van der Waals surface area contributed by atoms with Crippen LogP contribution in [0.15, 0.2) is 29.2 Å². The molecule has 6 heteroatoms. The molecular weight excluding hydrogens is 283 g/mol. The summed E-state index contributed by atoms with van der Waals surface area (Å²) in [5.41, 5.74) is 0. The molecule has 0 amide bonds. The fraction of sp³-hybridized carbons (Fsp3) is 0.500. The van der Waals surface area contributed by atoms with Crippen LogP contribution in [0.3, 0.4) is 0 Å². The van der Waals surface area contributed by atoms with Crippen LogP contribution >= 0.6 is 0 Å². The van der Waals surface area contributed by atoms with Crippen LogP contribution in [0, 0.1) is 5.82 Å². The molecule has 0 aliphatic carbocycles. The summed E-state index contributed by atoms with van der Waals surface area (Å²) < 4.78 is 36.4. The second-order valence-corrected chi connectivity index (χ2v) is 7.02. The van der Waals surface area contributed by atoms with Gasteiger partial charge in [0.05, 0.1) is 4.90 Å². The van der Waals surface area contributed by atoms with Crippen molar-refractivity contribution in [3.63, 3.8) is 0 Å². The minimum absolute atomic E-state index is 0.0376. The third kappa shape index (κ3) is 2.85. The predicted octanol–water partition coefficient (Wildman–Crippen LogP) is 3.02. The van der Waals surface area contributed by atoms with Gasteiger partial charge in [-0.05, 0) is 37.1 Å². The van der Waals surface area contributed by atoms with Gasteiger partial charge in [-0.1, -0.05) is 26.7 Å². The van der Waals surface area contributed by atoms with Gasteiger partial charge in [0.2, 0.25) is 0 Å². The van der Waals surface area contributed by atoms with E-state index in [-0.39, 0.29) is 17.7 Å². The molecule has 0 spiro atoms. The van der Waals surface area contributed by atoms with Crippen LogP contribution < -0.4 is 0 Å². The minimum Gasteiger partial charge on any atom is -0.480 e. The molecule has 0 heterocycles. The number of carbonyl (C=O) groups is 1. The standard InChI is InChI=1S/C14H19FO4S/c1-3-9-14(10-4-2,13(16)17)20(18,19)12-7-5-11(15)6-8-12/h5-8H,3-4,9-10H2,1-2H3,(H,16,17). The smallest absolute Gasteiger partial charge is 0.325 e. The van der Waals surface area contributed by atoms with Crippen LogP contribution in [0.1, 0.15) is 39.5 Å². The highest BCUT2D eigenvalue weighted by molar-refractivity contribution is 7.93. The van der Waals surface area contributed by atoms with Crippen LogP contribution in [0.4, 0.5) is 4.39 Å². The van der Waals surface area contributed by atoms with Crippen LogP contribution in [-0.4, -0.2) is 24.2 Å². The van der Waals surface area contributed by atoms with Crippen molar-refractivity contribution in [2.24, 2.45) is 0 Å². The van der Waals surface area contributed by atoms with Gasteiger partial charge in [-0.15, -0.1) is 0 Å². The molecule has 0 radical (unpaired) electrons. The Morgan fingerprint density at radius 2 is 1.60 bits per heavy atom. The number of hydrogen-bond donors (Lipinski definition) is 1. The van der Waals surface area contributed by atoms with E-state index in [0.717, 1.165) is 24.3 Å². The lowest BCUT2D eigenvalue weighted by Gasteiger charge is -2.28. The number of sulfone groups is 1. The molecule has 0 saturated heterocycles. The number of aliphatic carboxylic acids is 1. The summed E-state index contributed by atoms with van der Waals surface area (Å²) in [4.78, 5) is 11.5. The number of hydrogen-bond acceptors (Lipinski definition) is 3. The summed E-state index contributed by atoms with van der Waals surface area (Å²) >= 11 is 0. The second-order valence-electron chi connectivity index (χ2n) is 4.76. The molecule has 0 aromatic heterocycles. The lowest BCUT2D eigenvalue weighted by molar-refractivity contribution is -0.140. The van der Waals surface area contributed by atoms with E-state index in [1.807, 2.05) is 0 Å². The van der Waals surface area contributed by atoms with Gasteiger partial charge < -0.3 is 5.11 Å². The highest BCUT2D eigenvalue weighted by atomic mass is 32.2. The maximum absolute atomic E-state index is 12.9. The predicted molar refractivity (Wildman–Crippen MR) is 73.8 cm³/mol. The summed E-state index contributed by atoms with van der Waals surface area (Å²) in [6.07, 6.45) is 0.950. The number of halogens is 1. The first-order chi connectivity index (χ1) is 9.31. The van der Waals surface area contributed by atoms with Crippen LogP contribution in [0.5, 0.6) is 0 Å². The average Bonchev–Trinajstić information content (AvgIpc) is 2.38. The van der Waals surface area contributed by atoms with Gasteiger partial charge in [0, 0.05) is 0 Å². The first-order valence-electron chi connectivity index (χ1n) is 6.55. The largest absolute Gasteiger partial charge is 0.480 e. The highest BCUT2D eigenvalue weighted by Crippen LogP contribution is 2.35. The molecule has 0 aliphatic rings. The Morgan fingerprint density at radius 3 is 1.95 bits per heavy atom. The van der Waals surface area contributed by atoms with Gasteiger partial charge in [0.1, 0.15) is 5.82 Å². The molecule has 0 atom stereocenters. The third-order valence-electron chi connectivity index (χ3n) is 3.34. The molecule has 4 nitrogen and oxygen atoms in total. The maximum Gasteiger partial charge on any atom is 0.325 e. The van der Waals surface area contributed by atoms with E-state index in [0.29, 0.717) is 12.8 Å². The summed E-state index contributed by atoms with van der Waals surface area (Å²) in [6, 6.07) is 4.29. The molecule has 0 aliphatic heterocycles. The van der Waals surface area contributed by atoms with Gasteiger partial charge in [-0.25, -0.2) is 12.8 Å². The van der Waals surface area contributed by atoms with Crippen LogP contribution in [0.2, 0.25) is 0 Å².